The van der Waals surface area contributed by atoms with E-state index in [4.69, 9.17) is 0 Å². The maximum Gasteiger partial charge on any atom is 0.243 e. The predicted molar refractivity (Wildman–Crippen MR) is 110 cm³/mol. The minimum absolute atomic E-state index is 0.141. The number of nitrogens with one attached hydrogen (secondary N) is 1. The van der Waals surface area contributed by atoms with Crippen LogP contribution >= 0.6 is 15.9 Å². The molecule has 7 heteroatoms. The fraction of sp³-hybridized carbons (Fsp3) is 0.350. The number of nitrogens with zero attached hydrogens (tertiary/aromatic N) is 1. The summed E-state index contributed by atoms with van der Waals surface area (Å²) in [6, 6.07) is 14.0. The summed E-state index contributed by atoms with van der Waals surface area (Å²) < 4.78 is 28.0. The lowest BCUT2D eigenvalue weighted by atomic mass is 10.0. The van der Waals surface area contributed by atoms with Gasteiger partial charge >= 0.3 is 0 Å². The Morgan fingerprint density at radius 1 is 1.07 bits per heavy atom. The Bertz CT molecular complexity index is 888. The third-order valence-electron chi connectivity index (χ3n) is 4.80. The average Bonchev–Trinajstić information content (AvgIpc) is 2.64. The second-order valence-corrected chi connectivity index (χ2v) is 9.82. The van der Waals surface area contributed by atoms with Crippen molar-refractivity contribution in [1.29, 1.82) is 0 Å². The first-order valence-corrected chi connectivity index (χ1v) is 11.2. The van der Waals surface area contributed by atoms with Crippen LogP contribution in [0.25, 0.3) is 0 Å². The first kappa shape index (κ1) is 20.0. The number of piperidine rings is 1. The van der Waals surface area contributed by atoms with Crippen LogP contribution in [0, 0.1) is 5.92 Å². The molecule has 0 bridgehead atoms. The monoisotopic (exact) mass is 450 g/mol. The van der Waals surface area contributed by atoms with E-state index in [0.29, 0.717) is 24.7 Å². The molecule has 0 saturated carbocycles. The zero-order valence-corrected chi connectivity index (χ0v) is 17.6. The minimum Gasteiger partial charge on any atom is -0.326 e. The number of amides is 1. The molecule has 0 aromatic heterocycles. The van der Waals surface area contributed by atoms with Crippen LogP contribution in [0.15, 0.2) is 57.9 Å². The van der Waals surface area contributed by atoms with Gasteiger partial charge in [0.15, 0.2) is 0 Å². The van der Waals surface area contributed by atoms with Gasteiger partial charge in [0.05, 0.1) is 11.3 Å². The molecule has 2 aromatic carbocycles. The van der Waals surface area contributed by atoms with Crippen molar-refractivity contribution < 1.29 is 13.2 Å². The number of sulfonamides is 1. The van der Waals surface area contributed by atoms with E-state index in [-0.39, 0.29) is 17.2 Å². The molecule has 1 amide bonds. The summed E-state index contributed by atoms with van der Waals surface area (Å²) in [4.78, 5) is 12.4. The first-order chi connectivity index (χ1) is 12.8. The highest BCUT2D eigenvalue weighted by atomic mass is 79.9. The van der Waals surface area contributed by atoms with E-state index in [1.54, 1.807) is 28.6 Å². The van der Waals surface area contributed by atoms with Gasteiger partial charge in [-0.05, 0) is 60.7 Å². The van der Waals surface area contributed by atoms with Gasteiger partial charge < -0.3 is 5.32 Å². The summed E-state index contributed by atoms with van der Waals surface area (Å²) >= 11 is 3.37. The molecule has 1 aliphatic heterocycles. The van der Waals surface area contributed by atoms with Crippen molar-refractivity contribution in [2.75, 3.05) is 18.4 Å². The van der Waals surface area contributed by atoms with E-state index in [0.717, 1.165) is 22.9 Å². The number of carbonyl (C=O) groups excluding carboxylic acids is 1. The van der Waals surface area contributed by atoms with Crippen LogP contribution in [0.1, 0.15) is 25.3 Å². The second kappa shape index (κ2) is 8.54. The summed E-state index contributed by atoms with van der Waals surface area (Å²) in [5.41, 5.74) is 1.50. The van der Waals surface area contributed by atoms with Gasteiger partial charge in [0, 0.05) is 23.2 Å². The van der Waals surface area contributed by atoms with Crippen molar-refractivity contribution in [1.82, 2.24) is 4.31 Å². The van der Waals surface area contributed by atoms with Gasteiger partial charge in [0.1, 0.15) is 0 Å². The van der Waals surface area contributed by atoms with Gasteiger partial charge in [-0.3, -0.25) is 4.79 Å². The summed E-state index contributed by atoms with van der Waals surface area (Å²) in [5.74, 6) is 0.428. The van der Waals surface area contributed by atoms with Gasteiger partial charge in [0.2, 0.25) is 15.9 Å². The summed E-state index contributed by atoms with van der Waals surface area (Å²) in [7, 11) is -3.47. The van der Waals surface area contributed by atoms with Crippen molar-refractivity contribution in [2.45, 2.75) is 31.1 Å². The Hall–Kier alpha value is -1.70. The summed E-state index contributed by atoms with van der Waals surface area (Å²) in [6.45, 7) is 3.28. The third-order valence-corrected chi connectivity index (χ3v) is 7.24. The molecule has 1 N–H and O–H groups in total. The van der Waals surface area contributed by atoms with Crippen LogP contribution in [0.2, 0.25) is 0 Å². The molecular formula is C20H23BrN2O3S. The highest BCUT2D eigenvalue weighted by Gasteiger charge is 2.27. The molecule has 0 radical (unpaired) electrons. The van der Waals surface area contributed by atoms with Crippen LogP contribution in [0.3, 0.4) is 0 Å². The van der Waals surface area contributed by atoms with E-state index in [2.05, 4.69) is 28.2 Å². The molecule has 1 saturated heterocycles. The number of halogens is 1. The van der Waals surface area contributed by atoms with Crippen LogP contribution in [0.4, 0.5) is 5.69 Å². The average molecular weight is 451 g/mol. The number of hydrogen-bond acceptors (Lipinski definition) is 3. The predicted octanol–water partition coefficient (Wildman–Crippen LogP) is 4.05. The SMILES string of the molecule is CC1CCN(S(=O)(=O)c2ccc(NC(=O)Cc3ccc(Br)cc3)cc2)CC1. The fourth-order valence-electron chi connectivity index (χ4n) is 3.08. The van der Waals surface area contributed by atoms with E-state index in [1.165, 1.54) is 0 Å². The zero-order chi connectivity index (χ0) is 19.4. The lowest BCUT2D eigenvalue weighted by molar-refractivity contribution is -0.115. The molecular weight excluding hydrogens is 428 g/mol. The Labute approximate surface area is 169 Å². The van der Waals surface area contributed by atoms with Crippen molar-refractivity contribution in [3.63, 3.8) is 0 Å². The fourth-order valence-corrected chi connectivity index (χ4v) is 4.81. The first-order valence-electron chi connectivity index (χ1n) is 8.99. The van der Waals surface area contributed by atoms with Crippen LogP contribution < -0.4 is 5.32 Å². The van der Waals surface area contributed by atoms with E-state index < -0.39 is 10.0 Å². The van der Waals surface area contributed by atoms with Crippen LogP contribution in [0.5, 0.6) is 0 Å². The Morgan fingerprint density at radius 2 is 1.67 bits per heavy atom. The lowest BCUT2D eigenvalue weighted by Gasteiger charge is -2.29. The number of hydrogen-bond donors (Lipinski definition) is 1. The maximum absolute atomic E-state index is 12.7. The topological polar surface area (TPSA) is 66.5 Å². The minimum atomic E-state index is -3.47. The van der Waals surface area contributed by atoms with Gasteiger partial charge in [-0.25, -0.2) is 8.42 Å². The highest BCUT2D eigenvalue weighted by Crippen LogP contribution is 2.24. The normalized spacial score (nSPS) is 16.2. The Kier molecular flexibility index (Phi) is 6.34. The molecule has 3 rings (SSSR count). The molecule has 0 atom stereocenters. The van der Waals surface area contributed by atoms with Gasteiger partial charge in [-0.1, -0.05) is 35.0 Å². The Morgan fingerprint density at radius 3 is 2.26 bits per heavy atom. The molecule has 144 valence electrons. The number of anilines is 1. The molecule has 0 unspecified atom stereocenters. The Balaban J connectivity index is 1.62. The van der Waals surface area contributed by atoms with Crippen LogP contribution in [-0.4, -0.2) is 31.7 Å². The van der Waals surface area contributed by atoms with Gasteiger partial charge in [-0.2, -0.15) is 4.31 Å². The van der Waals surface area contributed by atoms with Crippen LogP contribution in [-0.2, 0) is 21.2 Å². The number of carbonyl (C=O) groups is 1. The highest BCUT2D eigenvalue weighted by molar-refractivity contribution is 9.10. The van der Waals surface area contributed by atoms with Crippen molar-refractivity contribution in [2.24, 2.45) is 5.92 Å². The summed E-state index contributed by atoms with van der Waals surface area (Å²) in [6.07, 6.45) is 2.05. The molecule has 5 nitrogen and oxygen atoms in total. The third kappa shape index (κ3) is 5.18. The number of rotatable bonds is 5. The van der Waals surface area contributed by atoms with E-state index in [1.807, 2.05) is 24.3 Å². The van der Waals surface area contributed by atoms with E-state index in [9.17, 15) is 13.2 Å². The van der Waals surface area contributed by atoms with Crippen molar-refractivity contribution >= 4 is 37.5 Å². The molecule has 0 aliphatic carbocycles. The largest absolute Gasteiger partial charge is 0.326 e. The standard InChI is InChI=1S/C20H23BrN2O3S/c1-15-10-12-23(13-11-15)27(25,26)19-8-6-18(7-9-19)22-20(24)14-16-2-4-17(21)5-3-16/h2-9,15H,10-14H2,1H3,(H,22,24). The van der Waals surface area contributed by atoms with Crippen molar-refractivity contribution in [3.8, 4) is 0 Å². The summed E-state index contributed by atoms with van der Waals surface area (Å²) in [5, 5.41) is 2.81. The van der Waals surface area contributed by atoms with Gasteiger partial charge in [0.25, 0.3) is 0 Å². The molecule has 1 heterocycles. The molecule has 2 aromatic rings. The molecule has 1 fully saturated rings. The molecule has 27 heavy (non-hydrogen) atoms. The molecule has 1 aliphatic rings. The quantitative estimate of drug-likeness (QED) is 0.746. The van der Waals surface area contributed by atoms with Gasteiger partial charge in [-0.15, -0.1) is 0 Å². The van der Waals surface area contributed by atoms with Crippen molar-refractivity contribution in [3.05, 3.63) is 58.6 Å². The van der Waals surface area contributed by atoms with E-state index >= 15 is 0 Å². The molecule has 0 spiro atoms. The maximum atomic E-state index is 12.7. The zero-order valence-electron chi connectivity index (χ0n) is 15.2. The number of benzene rings is 2. The smallest absolute Gasteiger partial charge is 0.243 e. The second-order valence-electron chi connectivity index (χ2n) is 6.96. The lowest BCUT2D eigenvalue weighted by Crippen LogP contribution is -2.37.